The van der Waals surface area contributed by atoms with Gasteiger partial charge in [0.15, 0.2) is 0 Å². The Morgan fingerprint density at radius 2 is 2.29 bits per heavy atom. The Bertz CT molecular complexity index is 650. The quantitative estimate of drug-likeness (QED) is 0.870. The highest BCUT2D eigenvalue weighted by Gasteiger charge is 2.31. The average Bonchev–Trinajstić information content (AvgIpc) is 3.15. The molecule has 0 bridgehead atoms. The maximum atomic E-state index is 12.7. The lowest BCUT2D eigenvalue weighted by Gasteiger charge is -2.25. The number of rotatable bonds is 3. The van der Waals surface area contributed by atoms with Gasteiger partial charge in [-0.25, -0.2) is 4.98 Å². The van der Waals surface area contributed by atoms with Crippen LogP contribution in [0.4, 0.5) is 0 Å². The van der Waals surface area contributed by atoms with E-state index in [4.69, 9.17) is 4.74 Å². The Hall–Kier alpha value is -2.30. The molecule has 1 amide bonds. The van der Waals surface area contributed by atoms with E-state index >= 15 is 0 Å². The van der Waals surface area contributed by atoms with Gasteiger partial charge in [-0.1, -0.05) is 12.1 Å². The van der Waals surface area contributed by atoms with Crippen LogP contribution in [0, 0.1) is 0 Å². The fraction of sp³-hybridized carbons (Fsp3) is 0.375. The molecule has 0 unspecified atom stereocenters. The number of carbonyl (C=O) groups is 1. The summed E-state index contributed by atoms with van der Waals surface area (Å²) in [5.41, 5.74) is 1.76. The van der Waals surface area contributed by atoms with Crippen LogP contribution in [-0.4, -0.2) is 34.0 Å². The minimum atomic E-state index is 0.0420. The molecule has 0 N–H and O–H groups in total. The van der Waals surface area contributed by atoms with E-state index in [-0.39, 0.29) is 11.9 Å². The van der Waals surface area contributed by atoms with Crippen LogP contribution in [-0.2, 0) is 7.05 Å². The van der Waals surface area contributed by atoms with Crippen molar-refractivity contribution in [3.05, 3.63) is 48.0 Å². The summed E-state index contributed by atoms with van der Waals surface area (Å²) in [6, 6.07) is 8.08. The summed E-state index contributed by atoms with van der Waals surface area (Å²) in [7, 11) is 3.50. The zero-order valence-corrected chi connectivity index (χ0v) is 12.3. The molecule has 2 heterocycles. The molecule has 1 saturated heterocycles. The molecule has 5 heteroatoms. The molecule has 0 spiro atoms. The second-order valence-corrected chi connectivity index (χ2v) is 5.32. The minimum Gasteiger partial charge on any atom is -0.497 e. The molecule has 1 aromatic heterocycles. The van der Waals surface area contributed by atoms with Gasteiger partial charge in [-0.05, 0) is 30.5 Å². The van der Waals surface area contributed by atoms with Crippen molar-refractivity contribution < 1.29 is 9.53 Å². The number of methoxy groups -OCH3 is 1. The third-order valence-corrected chi connectivity index (χ3v) is 4.03. The highest BCUT2D eigenvalue weighted by atomic mass is 16.5. The summed E-state index contributed by atoms with van der Waals surface area (Å²) < 4.78 is 7.05. The van der Waals surface area contributed by atoms with Crippen molar-refractivity contribution >= 4 is 5.91 Å². The Kier molecular flexibility index (Phi) is 3.64. The van der Waals surface area contributed by atoms with E-state index in [0.717, 1.165) is 30.7 Å². The summed E-state index contributed by atoms with van der Waals surface area (Å²) in [6.45, 7) is 0.784. The first-order chi connectivity index (χ1) is 10.2. The van der Waals surface area contributed by atoms with Crippen molar-refractivity contribution in [3.8, 4) is 5.75 Å². The molecule has 1 atom stereocenters. The Labute approximate surface area is 124 Å². The number of likely N-dealkylation sites (tertiary alicyclic amines) is 1. The summed E-state index contributed by atoms with van der Waals surface area (Å²) >= 11 is 0. The molecule has 21 heavy (non-hydrogen) atoms. The average molecular weight is 285 g/mol. The molecular formula is C16H19N3O2. The van der Waals surface area contributed by atoms with Crippen molar-refractivity contribution in [1.29, 1.82) is 0 Å². The number of aryl methyl sites for hydroxylation is 1. The normalized spacial score (nSPS) is 18.0. The highest BCUT2D eigenvalue weighted by Crippen LogP contribution is 2.34. The summed E-state index contributed by atoms with van der Waals surface area (Å²) in [5, 5.41) is 0. The number of hydrogen-bond donors (Lipinski definition) is 0. The first kappa shape index (κ1) is 13.7. The smallest absolute Gasteiger partial charge is 0.272 e. The summed E-state index contributed by atoms with van der Waals surface area (Å²) in [6.07, 6.45) is 5.29. The standard InChI is InChI=1S/C16H19N3O2/c1-18-11-17-10-15(18)16(20)19-8-4-7-14(19)12-5-3-6-13(9-12)21-2/h3,5-6,9-11,14H,4,7-8H2,1-2H3/t14-/m0/s1. The zero-order valence-electron chi connectivity index (χ0n) is 12.3. The number of nitrogens with zero attached hydrogens (tertiary/aromatic N) is 3. The van der Waals surface area contributed by atoms with Crippen molar-refractivity contribution in [2.45, 2.75) is 18.9 Å². The van der Waals surface area contributed by atoms with Gasteiger partial charge in [-0.15, -0.1) is 0 Å². The van der Waals surface area contributed by atoms with Crippen LogP contribution in [0.25, 0.3) is 0 Å². The van der Waals surface area contributed by atoms with Crippen LogP contribution in [0.5, 0.6) is 5.75 Å². The van der Waals surface area contributed by atoms with Gasteiger partial charge in [0.1, 0.15) is 11.4 Å². The van der Waals surface area contributed by atoms with Gasteiger partial charge >= 0.3 is 0 Å². The van der Waals surface area contributed by atoms with Crippen LogP contribution >= 0.6 is 0 Å². The number of benzene rings is 1. The molecule has 3 rings (SSSR count). The third kappa shape index (κ3) is 2.51. The number of carbonyl (C=O) groups excluding carboxylic acids is 1. The predicted octanol–water partition coefficient (Wildman–Crippen LogP) is 2.41. The van der Waals surface area contributed by atoms with Gasteiger partial charge in [0.2, 0.25) is 0 Å². The van der Waals surface area contributed by atoms with E-state index in [0.29, 0.717) is 5.69 Å². The summed E-state index contributed by atoms with van der Waals surface area (Å²) in [4.78, 5) is 18.7. The van der Waals surface area contributed by atoms with Crippen molar-refractivity contribution in [1.82, 2.24) is 14.5 Å². The van der Waals surface area contributed by atoms with Gasteiger partial charge in [0.05, 0.1) is 25.7 Å². The molecule has 1 aromatic carbocycles. The molecule has 1 aliphatic heterocycles. The van der Waals surface area contributed by atoms with Gasteiger partial charge in [-0.3, -0.25) is 4.79 Å². The molecule has 0 aliphatic carbocycles. The largest absolute Gasteiger partial charge is 0.497 e. The molecule has 0 radical (unpaired) electrons. The minimum absolute atomic E-state index is 0.0420. The molecule has 1 aliphatic rings. The van der Waals surface area contributed by atoms with Gasteiger partial charge in [0.25, 0.3) is 5.91 Å². The molecule has 110 valence electrons. The van der Waals surface area contributed by atoms with E-state index in [2.05, 4.69) is 11.1 Å². The van der Waals surface area contributed by atoms with Crippen LogP contribution < -0.4 is 4.74 Å². The van der Waals surface area contributed by atoms with E-state index < -0.39 is 0 Å². The maximum absolute atomic E-state index is 12.7. The van der Waals surface area contributed by atoms with E-state index in [1.165, 1.54) is 0 Å². The molecule has 0 saturated carbocycles. The fourth-order valence-electron chi connectivity index (χ4n) is 2.92. The molecule has 1 fully saturated rings. The van der Waals surface area contributed by atoms with Crippen molar-refractivity contribution in [2.24, 2.45) is 7.05 Å². The van der Waals surface area contributed by atoms with Crippen LogP contribution in [0.15, 0.2) is 36.8 Å². The Balaban J connectivity index is 1.88. The molecule has 5 nitrogen and oxygen atoms in total. The highest BCUT2D eigenvalue weighted by molar-refractivity contribution is 5.92. The van der Waals surface area contributed by atoms with E-state index in [1.807, 2.05) is 30.1 Å². The second kappa shape index (κ2) is 5.60. The number of amides is 1. The second-order valence-electron chi connectivity index (χ2n) is 5.32. The van der Waals surface area contributed by atoms with Gasteiger partial charge in [0, 0.05) is 13.6 Å². The Morgan fingerprint density at radius 1 is 1.43 bits per heavy atom. The number of imidazole rings is 1. The van der Waals surface area contributed by atoms with Crippen molar-refractivity contribution in [3.63, 3.8) is 0 Å². The van der Waals surface area contributed by atoms with E-state index in [1.54, 1.807) is 24.2 Å². The lowest BCUT2D eigenvalue weighted by Crippen LogP contribution is -2.31. The predicted molar refractivity (Wildman–Crippen MR) is 79.2 cm³/mol. The first-order valence-corrected chi connectivity index (χ1v) is 7.12. The lowest BCUT2D eigenvalue weighted by atomic mass is 10.0. The van der Waals surface area contributed by atoms with Crippen LogP contribution in [0.2, 0.25) is 0 Å². The first-order valence-electron chi connectivity index (χ1n) is 7.12. The zero-order chi connectivity index (χ0) is 14.8. The molecule has 2 aromatic rings. The topological polar surface area (TPSA) is 47.4 Å². The monoisotopic (exact) mass is 285 g/mol. The lowest BCUT2D eigenvalue weighted by molar-refractivity contribution is 0.0725. The van der Waals surface area contributed by atoms with E-state index in [9.17, 15) is 4.79 Å². The summed E-state index contributed by atoms with van der Waals surface area (Å²) in [5.74, 6) is 0.868. The number of ether oxygens (including phenoxy) is 1. The SMILES string of the molecule is COc1cccc([C@@H]2CCCN2C(=O)c2cncn2C)c1. The van der Waals surface area contributed by atoms with Gasteiger partial charge in [-0.2, -0.15) is 0 Å². The molecular weight excluding hydrogens is 266 g/mol. The van der Waals surface area contributed by atoms with Crippen molar-refractivity contribution in [2.75, 3.05) is 13.7 Å². The number of hydrogen-bond acceptors (Lipinski definition) is 3. The van der Waals surface area contributed by atoms with Gasteiger partial charge < -0.3 is 14.2 Å². The fourth-order valence-corrected chi connectivity index (χ4v) is 2.92. The maximum Gasteiger partial charge on any atom is 0.272 e. The van der Waals surface area contributed by atoms with Crippen LogP contribution in [0.1, 0.15) is 34.9 Å². The van der Waals surface area contributed by atoms with Crippen LogP contribution in [0.3, 0.4) is 0 Å². The number of aromatic nitrogens is 2. The Morgan fingerprint density at radius 3 is 3.00 bits per heavy atom. The third-order valence-electron chi connectivity index (χ3n) is 4.03.